The highest BCUT2D eigenvalue weighted by Gasteiger charge is 2.13. The first-order chi connectivity index (χ1) is 6.17. The molecule has 0 radical (unpaired) electrons. The summed E-state index contributed by atoms with van der Waals surface area (Å²) in [5, 5.41) is 0. The van der Waals surface area contributed by atoms with Crippen LogP contribution in [-0.2, 0) is 0 Å². The maximum absolute atomic E-state index is 5.89. The lowest BCUT2D eigenvalue weighted by molar-refractivity contribution is 0.805. The van der Waals surface area contributed by atoms with Crippen molar-refractivity contribution in [3.05, 3.63) is 30.0 Å². The SMILES string of the molecule is CC1(N)C=Cc2cccnc2N=C1. The van der Waals surface area contributed by atoms with Gasteiger partial charge in [0.05, 0.1) is 5.54 Å². The van der Waals surface area contributed by atoms with E-state index in [9.17, 15) is 0 Å². The molecule has 0 amide bonds. The summed E-state index contributed by atoms with van der Waals surface area (Å²) >= 11 is 0. The van der Waals surface area contributed by atoms with Crippen molar-refractivity contribution in [3.8, 4) is 0 Å². The van der Waals surface area contributed by atoms with Crippen LogP contribution < -0.4 is 5.73 Å². The molecule has 0 aliphatic carbocycles. The number of rotatable bonds is 0. The summed E-state index contributed by atoms with van der Waals surface area (Å²) in [6.45, 7) is 1.90. The summed E-state index contributed by atoms with van der Waals surface area (Å²) in [6, 6.07) is 3.86. The van der Waals surface area contributed by atoms with Gasteiger partial charge in [0.15, 0.2) is 5.82 Å². The standard InChI is InChI=1S/C10H11N3/c1-10(11)5-4-8-3-2-6-12-9(8)13-7-10/h2-7H,11H2,1H3. The molecule has 0 spiro atoms. The molecule has 2 rings (SSSR count). The number of nitrogens with zero attached hydrogens (tertiary/aromatic N) is 2. The van der Waals surface area contributed by atoms with Gasteiger partial charge in [-0.25, -0.2) is 9.98 Å². The highest BCUT2D eigenvalue weighted by atomic mass is 14.9. The number of fused-ring (bicyclic) bond motifs is 1. The molecule has 66 valence electrons. The van der Waals surface area contributed by atoms with Crippen LogP contribution in [0.5, 0.6) is 0 Å². The third kappa shape index (κ3) is 1.65. The Morgan fingerprint density at radius 3 is 3.15 bits per heavy atom. The molecule has 1 unspecified atom stereocenters. The van der Waals surface area contributed by atoms with Gasteiger partial charge in [-0.2, -0.15) is 0 Å². The maximum atomic E-state index is 5.89. The minimum absolute atomic E-state index is 0.472. The van der Waals surface area contributed by atoms with Gasteiger partial charge in [-0.1, -0.05) is 12.2 Å². The summed E-state index contributed by atoms with van der Waals surface area (Å²) in [4.78, 5) is 8.36. The van der Waals surface area contributed by atoms with Gasteiger partial charge in [-0.15, -0.1) is 0 Å². The zero-order valence-electron chi connectivity index (χ0n) is 7.44. The van der Waals surface area contributed by atoms with Crippen LogP contribution in [0.25, 0.3) is 6.08 Å². The van der Waals surface area contributed by atoms with Gasteiger partial charge in [-0.3, -0.25) is 0 Å². The zero-order valence-corrected chi connectivity index (χ0v) is 7.44. The Morgan fingerprint density at radius 2 is 2.31 bits per heavy atom. The van der Waals surface area contributed by atoms with Crippen LogP contribution in [-0.4, -0.2) is 16.7 Å². The van der Waals surface area contributed by atoms with Crippen LogP contribution in [0, 0.1) is 0 Å². The van der Waals surface area contributed by atoms with Crippen molar-refractivity contribution in [3.63, 3.8) is 0 Å². The van der Waals surface area contributed by atoms with Crippen molar-refractivity contribution >= 4 is 18.1 Å². The van der Waals surface area contributed by atoms with Gasteiger partial charge in [-0.05, 0) is 19.1 Å². The lowest BCUT2D eigenvalue weighted by Crippen LogP contribution is -2.34. The van der Waals surface area contributed by atoms with E-state index in [2.05, 4.69) is 9.98 Å². The van der Waals surface area contributed by atoms with Gasteiger partial charge < -0.3 is 5.73 Å². The number of aliphatic imine (C=N–C) groups is 1. The number of hydrogen-bond acceptors (Lipinski definition) is 3. The molecule has 1 aliphatic rings. The Kier molecular flexibility index (Phi) is 1.74. The second-order valence-corrected chi connectivity index (χ2v) is 3.37. The van der Waals surface area contributed by atoms with Gasteiger partial charge in [0.25, 0.3) is 0 Å². The maximum Gasteiger partial charge on any atom is 0.158 e. The minimum atomic E-state index is -0.472. The zero-order chi connectivity index (χ0) is 9.31. The highest BCUT2D eigenvalue weighted by Crippen LogP contribution is 2.20. The summed E-state index contributed by atoms with van der Waals surface area (Å²) in [5.41, 5.74) is 6.43. The van der Waals surface area contributed by atoms with E-state index in [1.54, 1.807) is 12.4 Å². The van der Waals surface area contributed by atoms with Crippen LogP contribution in [0.3, 0.4) is 0 Å². The molecule has 0 aromatic carbocycles. The molecule has 1 aromatic heterocycles. The molecule has 0 saturated heterocycles. The van der Waals surface area contributed by atoms with Gasteiger partial charge >= 0.3 is 0 Å². The smallest absolute Gasteiger partial charge is 0.158 e. The second kappa shape index (κ2) is 2.78. The Labute approximate surface area is 77.0 Å². The number of pyridine rings is 1. The van der Waals surface area contributed by atoms with Crippen LogP contribution in [0.15, 0.2) is 29.4 Å². The summed E-state index contributed by atoms with van der Waals surface area (Å²) in [7, 11) is 0. The lowest BCUT2D eigenvalue weighted by Gasteiger charge is -2.10. The van der Waals surface area contributed by atoms with Crippen LogP contribution >= 0.6 is 0 Å². The van der Waals surface area contributed by atoms with E-state index in [0.29, 0.717) is 0 Å². The first-order valence-electron chi connectivity index (χ1n) is 4.16. The number of aromatic nitrogens is 1. The predicted molar refractivity (Wildman–Crippen MR) is 54.0 cm³/mol. The topological polar surface area (TPSA) is 51.3 Å². The Balaban J connectivity index is 2.53. The molecular formula is C10H11N3. The Bertz CT molecular complexity index is 343. The quantitative estimate of drug-likeness (QED) is 0.646. The first kappa shape index (κ1) is 8.13. The lowest BCUT2D eigenvalue weighted by atomic mass is 10.1. The van der Waals surface area contributed by atoms with Crippen molar-refractivity contribution in [2.75, 3.05) is 0 Å². The summed E-state index contributed by atoms with van der Waals surface area (Å²) in [6.07, 6.45) is 7.31. The van der Waals surface area contributed by atoms with Crippen molar-refractivity contribution in [1.82, 2.24) is 4.98 Å². The molecule has 13 heavy (non-hydrogen) atoms. The normalized spacial score (nSPS) is 25.4. The molecule has 2 heterocycles. The summed E-state index contributed by atoms with van der Waals surface area (Å²) < 4.78 is 0. The van der Waals surface area contributed by atoms with E-state index >= 15 is 0 Å². The van der Waals surface area contributed by atoms with E-state index in [1.807, 2.05) is 31.2 Å². The van der Waals surface area contributed by atoms with E-state index < -0.39 is 5.54 Å². The van der Waals surface area contributed by atoms with Gasteiger partial charge in [0.2, 0.25) is 0 Å². The van der Waals surface area contributed by atoms with E-state index in [0.717, 1.165) is 11.4 Å². The highest BCUT2D eigenvalue weighted by molar-refractivity contribution is 5.81. The summed E-state index contributed by atoms with van der Waals surface area (Å²) in [5.74, 6) is 0.730. The predicted octanol–water partition coefficient (Wildman–Crippen LogP) is 1.53. The van der Waals surface area contributed by atoms with E-state index in [1.165, 1.54) is 0 Å². The van der Waals surface area contributed by atoms with Gasteiger partial charge in [0, 0.05) is 18.0 Å². The molecule has 0 bridgehead atoms. The average molecular weight is 173 g/mol. The number of nitrogens with two attached hydrogens (primary N) is 1. The van der Waals surface area contributed by atoms with Crippen molar-refractivity contribution in [2.45, 2.75) is 12.5 Å². The fourth-order valence-electron chi connectivity index (χ4n) is 1.16. The minimum Gasteiger partial charge on any atom is -0.318 e. The third-order valence-corrected chi connectivity index (χ3v) is 1.90. The van der Waals surface area contributed by atoms with Crippen molar-refractivity contribution in [2.24, 2.45) is 10.7 Å². The number of hydrogen-bond donors (Lipinski definition) is 1. The molecule has 0 saturated carbocycles. The van der Waals surface area contributed by atoms with Crippen molar-refractivity contribution in [1.29, 1.82) is 0 Å². The molecule has 2 N–H and O–H groups in total. The largest absolute Gasteiger partial charge is 0.318 e. The molecule has 0 fully saturated rings. The van der Waals surface area contributed by atoms with E-state index in [4.69, 9.17) is 5.73 Å². The molecule has 1 atom stereocenters. The fraction of sp³-hybridized carbons (Fsp3) is 0.200. The Hall–Kier alpha value is -1.48. The monoisotopic (exact) mass is 173 g/mol. The van der Waals surface area contributed by atoms with E-state index in [-0.39, 0.29) is 0 Å². The second-order valence-electron chi connectivity index (χ2n) is 3.37. The molecule has 1 aromatic rings. The average Bonchev–Trinajstić information content (AvgIpc) is 2.27. The van der Waals surface area contributed by atoms with Crippen LogP contribution in [0.4, 0.5) is 5.82 Å². The molecule has 3 nitrogen and oxygen atoms in total. The fourth-order valence-corrected chi connectivity index (χ4v) is 1.16. The van der Waals surface area contributed by atoms with Gasteiger partial charge in [0.1, 0.15) is 0 Å². The van der Waals surface area contributed by atoms with Crippen molar-refractivity contribution < 1.29 is 0 Å². The third-order valence-electron chi connectivity index (χ3n) is 1.90. The first-order valence-corrected chi connectivity index (χ1v) is 4.16. The molecular weight excluding hydrogens is 162 g/mol. The molecule has 1 aliphatic heterocycles. The van der Waals surface area contributed by atoms with Crippen LogP contribution in [0.2, 0.25) is 0 Å². The van der Waals surface area contributed by atoms with Crippen LogP contribution in [0.1, 0.15) is 12.5 Å². The molecule has 3 heteroatoms. The Morgan fingerprint density at radius 1 is 1.46 bits per heavy atom.